The summed E-state index contributed by atoms with van der Waals surface area (Å²) in [5.41, 5.74) is 8.10. The molecule has 1 saturated heterocycles. The highest BCUT2D eigenvalue weighted by Crippen LogP contribution is 2.22. The van der Waals surface area contributed by atoms with Crippen LogP contribution in [0.5, 0.6) is 5.75 Å². The van der Waals surface area contributed by atoms with E-state index in [1.54, 1.807) is 18.2 Å². The molecule has 0 aliphatic carbocycles. The number of rotatable bonds is 10. The van der Waals surface area contributed by atoms with Crippen molar-refractivity contribution < 1.29 is 18.3 Å². The number of carbonyl (C=O) groups is 1. The number of phenolic OH excluding ortho intramolecular Hbond substituents is 1. The van der Waals surface area contributed by atoms with E-state index in [-0.39, 0.29) is 23.1 Å². The summed E-state index contributed by atoms with van der Waals surface area (Å²) in [4.78, 5) is 16.7. The van der Waals surface area contributed by atoms with Crippen molar-refractivity contribution in [1.82, 2.24) is 20.7 Å². The molecule has 10 heteroatoms. The molecule has 5 N–H and O–H groups in total. The van der Waals surface area contributed by atoms with Gasteiger partial charge in [-0.15, -0.1) is 6.58 Å². The van der Waals surface area contributed by atoms with Gasteiger partial charge >= 0.3 is 0 Å². The number of para-hydroxylation sites is 1. The Morgan fingerprint density at radius 2 is 1.70 bits per heavy atom. The summed E-state index contributed by atoms with van der Waals surface area (Å²) in [5.74, 6) is 0.0818. The molecule has 0 atom stereocenters. The lowest BCUT2D eigenvalue weighted by molar-refractivity contribution is -0.123. The quantitative estimate of drug-likeness (QED) is 0.295. The minimum absolute atomic E-state index is 0.107. The maximum absolute atomic E-state index is 12.3. The zero-order chi connectivity index (χ0) is 23.8. The van der Waals surface area contributed by atoms with Crippen LogP contribution in [0, 0.1) is 0 Å². The molecule has 0 saturated carbocycles. The van der Waals surface area contributed by atoms with Crippen LogP contribution in [0.2, 0.25) is 0 Å². The van der Waals surface area contributed by atoms with E-state index in [2.05, 4.69) is 27.2 Å². The smallest absolute Gasteiger partial charge is 0.248 e. The van der Waals surface area contributed by atoms with Gasteiger partial charge in [-0.2, -0.15) is 0 Å². The van der Waals surface area contributed by atoms with Crippen LogP contribution in [0.15, 0.2) is 60.0 Å². The number of amides is 1. The largest absolute Gasteiger partial charge is 0.507 e. The van der Waals surface area contributed by atoms with E-state index in [0.29, 0.717) is 25.1 Å². The standard InChI is InChI=1S/C23H31N5O4S/c1-2-4-19-5-3-6-20(23(19)30)15-25-26-22(29)17-28-13-11-27(12-14-28)16-18-7-9-21(10-8-18)33(24,31)32/h2-3,5-10,25,30H,1,4,11-17H2,(H,26,29)(H2,24,31,32). The zero-order valence-electron chi connectivity index (χ0n) is 18.5. The second-order valence-corrected chi connectivity index (χ2v) is 9.62. The summed E-state index contributed by atoms with van der Waals surface area (Å²) in [5, 5.41) is 15.4. The van der Waals surface area contributed by atoms with Gasteiger partial charge in [-0.05, 0) is 29.7 Å². The van der Waals surface area contributed by atoms with Gasteiger partial charge in [0.15, 0.2) is 0 Å². The van der Waals surface area contributed by atoms with Gasteiger partial charge in [-0.3, -0.25) is 20.0 Å². The van der Waals surface area contributed by atoms with Gasteiger partial charge in [0.25, 0.3) is 0 Å². The maximum atomic E-state index is 12.3. The molecule has 0 bridgehead atoms. The van der Waals surface area contributed by atoms with E-state index in [4.69, 9.17) is 5.14 Å². The Kier molecular flexibility index (Phi) is 8.59. The maximum Gasteiger partial charge on any atom is 0.248 e. The van der Waals surface area contributed by atoms with E-state index < -0.39 is 10.0 Å². The van der Waals surface area contributed by atoms with Crippen molar-refractivity contribution >= 4 is 15.9 Å². The average molecular weight is 474 g/mol. The Hall–Kier alpha value is -2.76. The molecule has 1 aliphatic rings. The highest BCUT2D eigenvalue weighted by atomic mass is 32.2. The molecule has 178 valence electrons. The fourth-order valence-corrected chi connectivity index (χ4v) is 4.25. The number of nitrogens with two attached hydrogens (primary N) is 1. The minimum Gasteiger partial charge on any atom is -0.507 e. The first-order valence-electron chi connectivity index (χ1n) is 10.7. The summed E-state index contributed by atoms with van der Waals surface area (Å²) in [7, 11) is -3.68. The van der Waals surface area contributed by atoms with Gasteiger partial charge in [-0.1, -0.05) is 36.4 Å². The Morgan fingerprint density at radius 1 is 1.06 bits per heavy atom. The number of hydrazine groups is 1. The second-order valence-electron chi connectivity index (χ2n) is 8.06. The molecule has 1 amide bonds. The van der Waals surface area contributed by atoms with Gasteiger partial charge in [0.2, 0.25) is 15.9 Å². The Balaban J connectivity index is 1.38. The van der Waals surface area contributed by atoms with Gasteiger partial charge in [-0.25, -0.2) is 19.0 Å². The monoisotopic (exact) mass is 473 g/mol. The van der Waals surface area contributed by atoms with Gasteiger partial charge in [0, 0.05) is 44.8 Å². The second kappa shape index (κ2) is 11.4. The van der Waals surface area contributed by atoms with Crippen LogP contribution < -0.4 is 16.0 Å². The number of nitrogens with one attached hydrogen (secondary N) is 2. The Labute approximate surface area is 194 Å². The molecule has 0 unspecified atom stereocenters. The van der Waals surface area contributed by atoms with Crippen molar-refractivity contribution in [2.45, 2.75) is 24.4 Å². The number of aromatic hydroxyl groups is 1. The van der Waals surface area contributed by atoms with Crippen molar-refractivity contribution in [3.8, 4) is 5.75 Å². The third-order valence-corrected chi connectivity index (χ3v) is 6.49. The van der Waals surface area contributed by atoms with Gasteiger partial charge in [0.05, 0.1) is 11.4 Å². The molecule has 1 fully saturated rings. The van der Waals surface area contributed by atoms with E-state index >= 15 is 0 Å². The van der Waals surface area contributed by atoms with Crippen LogP contribution in [0.4, 0.5) is 0 Å². The van der Waals surface area contributed by atoms with Crippen LogP contribution in [0.1, 0.15) is 16.7 Å². The first kappa shape index (κ1) is 24.9. The number of hydrogen-bond donors (Lipinski definition) is 4. The van der Waals surface area contributed by atoms with Crippen molar-refractivity contribution in [3.63, 3.8) is 0 Å². The lowest BCUT2D eigenvalue weighted by Crippen LogP contribution is -2.50. The average Bonchev–Trinajstić information content (AvgIpc) is 2.77. The topological polar surface area (TPSA) is 128 Å². The molecular formula is C23H31N5O4S. The molecular weight excluding hydrogens is 442 g/mol. The highest BCUT2D eigenvalue weighted by Gasteiger charge is 2.19. The van der Waals surface area contributed by atoms with Crippen molar-refractivity contribution in [2.75, 3.05) is 32.7 Å². The van der Waals surface area contributed by atoms with E-state index in [9.17, 15) is 18.3 Å². The highest BCUT2D eigenvalue weighted by molar-refractivity contribution is 7.89. The van der Waals surface area contributed by atoms with Crippen LogP contribution >= 0.6 is 0 Å². The molecule has 0 radical (unpaired) electrons. The Bertz CT molecular complexity index is 1060. The van der Waals surface area contributed by atoms with Gasteiger partial charge in [0.1, 0.15) is 5.75 Å². The van der Waals surface area contributed by atoms with Crippen LogP contribution in [-0.2, 0) is 34.3 Å². The number of phenols is 1. The predicted molar refractivity (Wildman–Crippen MR) is 127 cm³/mol. The molecule has 0 spiro atoms. The summed E-state index contributed by atoms with van der Waals surface area (Å²) in [6, 6.07) is 12.1. The van der Waals surface area contributed by atoms with E-state index in [1.807, 2.05) is 18.2 Å². The number of hydrogen-bond acceptors (Lipinski definition) is 7. The minimum atomic E-state index is -3.68. The molecule has 2 aromatic carbocycles. The van der Waals surface area contributed by atoms with Crippen molar-refractivity contribution in [2.24, 2.45) is 5.14 Å². The lowest BCUT2D eigenvalue weighted by Gasteiger charge is -2.34. The third-order valence-electron chi connectivity index (χ3n) is 5.56. The van der Waals surface area contributed by atoms with Crippen molar-refractivity contribution in [3.05, 3.63) is 71.8 Å². The molecule has 0 aromatic heterocycles. The van der Waals surface area contributed by atoms with Crippen molar-refractivity contribution in [1.29, 1.82) is 0 Å². The molecule has 9 nitrogen and oxygen atoms in total. The van der Waals surface area contributed by atoms with Gasteiger partial charge < -0.3 is 5.11 Å². The number of carbonyl (C=O) groups excluding carboxylic acids is 1. The molecule has 33 heavy (non-hydrogen) atoms. The number of allylic oxidation sites excluding steroid dienone is 1. The van der Waals surface area contributed by atoms with Crippen LogP contribution in [-0.4, -0.2) is 62.0 Å². The SMILES string of the molecule is C=CCc1cccc(CNNC(=O)CN2CCN(Cc3ccc(S(N)(=O)=O)cc3)CC2)c1O. The number of sulfonamides is 1. The molecule has 1 aliphatic heterocycles. The predicted octanol–water partition coefficient (Wildman–Crippen LogP) is 0.707. The van der Waals surface area contributed by atoms with E-state index in [0.717, 1.165) is 37.3 Å². The van der Waals surface area contributed by atoms with E-state index in [1.165, 1.54) is 12.1 Å². The summed E-state index contributed by atoms with van der Waals surface area (Å²) >= 11 is 0. The third kappa shape index (κ3) is 7.37. The number of nitrogens with zero attached hydrogens (tertiary/aromatic N) is 2. The Morgan fingerprint density at radius 3 is 2.33 bits per heavy atom. The summed E-state index contributed by atoms with van der Waals surface area (Å²) in [6.07, 6.45) is 2.32. The number of primary sulfonamides is 1. The first-order valence-corrected chi connectivity index (χ1v) is 12.3. The molecule has 1 heterocycles. The summed E-state index contributed by atoms with van der Waals surface area (Å²) < 4.78 is 22.7. The molecule has 3 rings (SSSR count). The molecule has 2 aromatic rings. The first-order chi connectivity index (χ1) is 15.8. The van der Waals surface area contributed by atoms with Crippen LogP contribution in [0.3, 0.4) is 0 Å². The van der Waals surface area contributed by atoms with Crippen LogP contribution in [0.25, 0.3) is 0 Å². The number of benzene rings is 2. The fraction of sp³-hybridized carbons (Fsp3) is 0.348. The normalized spacial score (nSPS) is 15.3. The lowest BCUT2D eigenvalue weighted by atomic mass is 10.1. The summed E-state index contributed by atoms with van der Waals surface area (Å²) in [6.45, 7) is 8.13. The zero-order valence-corrected chi connectivity index (χ0v) is 19.4. The fourth-order valence-electron chi connectivity index (χ4n) is 3.74. The number of piperazine rings is 1.